The average Bonchev–Trinajstić information content (AvgIpc) is 2.47. The molecule has 0 saturated heterocycles. The van der Waals surface area contributed by atoms with Gasteiger partial charge in [-0.3, -0.25) is 0 Å². The van der Waals surface area contributed by atoms with Gasteiger partial charge in [0, 0.05) is 12.6 Å². The smallest absolute Gasteiger partial charge is 0.118 e. The Morgan fingerprint density at radius 2 is 1.55 bits per heavy atom. The lowest BCUT2D eigenvalue weighted by Gasteiger charge is -2.14. The fraction of sp³-hybridized carbons (Fsp3) is 0.333. The van der Waals surface area contributed by atoms with Crippen molar-refractivity contribution in [1.29, 1.82) is 0 Å². The topological polar surface area (TPSA) is 21.3 Å². The van der Waals surface area contributed by atoms with E-state index in [1.807, 2.05) is 12.1 Å². The minimum absolute atomic E-state index is 0.449. The van der Waals surface area contributed by atoms with E-state index in [2.05, 4.69) is 55.6 Å². The molecule has 0 saturated carbocycles. The summed E-state index contributed by atoms with van der Waals surface area (Å²) in [7, 11) is 1.70. The van der Waals surface area contributed by atoms with Crippen molar-refractivity contribution in [2.24, 2.45) is 0 Å². The van der Waals surface area contributed by atoms with Gasteiger partial charge in [-0.25, -0.2) is 0 Å². The second-order valence-corrected chi connectivity index (χ2v) is 5.32. The molecule has 2 aromatic rings. The first-order valence-corrected chi connectivity index (χ1v) is 7.09. The lowest BCUT2D eigenvalue weighted by molar-refractivity contribution is 0.414. The molecular formula is C18H23NO. The molecule has 0 spiro atoms. The zero-order chi connectivity index (χ0) is 14.4. The summed E-state index contributed by atoms with van der Waals surface area (Å²) in [4.78, 5) is 0. The summed E-state index contributed by atoms with van der Waals surface area (Å²) in [5, 5.41) is 3.56. The number of benzene rings is 2. The van der Waals surface area contributed by atoms with Gasteiger partial charge >= 0.3 is 0 Å². The van der Waals surface area contributed by atoms with Crippen molar-refractivity contribution >= 4 is 0 Å². The molecule has 2 heteroatoms. The SMILES string of the molecule is COc1ccc(CC(C)NCc2ccc(C)cc2)cc1. The van der Waals surface area contributed by atoms with Gasteiger partial charge in [0.05, 0.1) is 7.11 Å². The highest BCUT2D eigenvalue weighted by molar-refractivity contribution is 5.27. The lowest BCUT2D eigenvalue weighted by atomic mass is 10.1. The Balaban J connectivity index is 1.82. The quantitative estimate of drug-likeness (QED) is 0.863. The van der Waals surface area contributed by atoms with Crippen LogP contribution in [0.5, 0.6) is 5.75 Å². The predicted molar refractivity (Wildman–Crippen MR) is 84.2 cm³/mol. The summed E-state index contributed by atoms with van der Waals surface area (Å²) >= 11 is 0. The number of rotatable bonds is 6. The summed E-state index contributed by atoms with van der Waals surface area (Å²) in [5.74, 6) is 0.911. The molecule has 20 heavy (non-hydrogen) atoms. The number of hydrogen-bond donors (Lipinski definition) is 1. The standard InChI is InChI=1S/C18H23NO/c1-14-4-6-17(7-5-14)13-19-15(2)12-16-8-10-18(20-3)11-9-16/h4-11,15,19H,12-13H2,1-3H3. The van der Waals surface area contributed by atoms with Crippen LogP contribution in [0.2, 0.25) is 0 Å². The van der Waals surface area contributed by atoms with Gasteiger partial charge in [-0.1, -0.05) is 42.0 Å². The molecule has 0 amide bonds. The molecule has 0 bridgehead atoms. The summed E-state index contributed by atoms with van der Waals surface area (Å²) in [5.41, 5.74) is 3.96. The molecule has 0 radical (unpaired) electrons. The molecule has 1 unspecified atom stereocenters. The molecule has 106 valence electrons. The van der Waals surface area contributed by atoms with E-state index >= 15 is 0 Å². The minimum Gasteiger partial charge on any atom is -0.497 e. The molecular weight excluding hydrogens is 246 g/mol. The Hall–Kier alpha value is -1.80. The third kappa shape index (κ3) is 4.39. The minimum atomic E-state index is 0.449. The van der Waals surface area contributed by atoms with Crippen LogP contribution in [0.3, 0.4) is 0 Å². The Morgan fingerprint density at radius 3 is 2.15 bits per heavy atom. The Morgan fingerprint density at radius 1 is 0.950 bits per heavy atom. The Bertz CT molecular complexity index is 516. The van der Waals surface area contributed by atoms with E-state index in [0.717, 1.165) is 18.7 Å². The molecule has 2 rings (SSSR count). The van der Waals surface area contributed by atoms with E-state index in [1.54, 1.807) is 7.11 Å². The van der Waals surface area contributed by atoms with E-state index in [1.165, 1.54) is 16.7 Å². The first-order chi connectivity index (χ1) is 9.67. The molecule has 0 fully saturated rings. The second-order valence-electron chi connectivity index (χ2n) is 5.32. The van der Waals surface area contributed by atoms with Gasteiger partial charge in [0.25, 0.3) is 0 Å². The summed E-state index contributed by atoms with van der Waals surface area (Å²) in [6, 6.07) is 17.4. The van der Waals surface area contributed by atoms with Gasteiger partial charge < -0.3 is 10.1 Å². The highest BCUT2D eigenvalue weighted by Crippen LogP contribution is 2.13. The first-order valence-electron chi connectivity index (χ1n) is 7.09. The number of hydrogen-bond acceptors (Lipinski definition) is 2. The van der Waals surface area contributed by atoms with Crippen molar-refractivity contribution in [3.05, 3.63) is 65.2 Å². The van der Waals surface area contributed by atoms with E-state index in [4.69, 9.17) is 4.74 Å². The molecule has 0 heterocycles. The predicted octanol–water partition coefficient (Wildman–Crippen LogP) is 3.72. The van der Waals surface area contributed by atoms with Crippen LogP contribution < -0.4 is 10.1 Å². The van der Waals surface area contributed by atoms with Crippen LogP contribution in [0.15, 0.2) is 48.5 Å². The molecule has 0 aliphatic rings. The third-order valence-electron chi connectivity index (χ3n) is 3.48. The molecule has 1 N–H and O–H groups in total. The number of ether oxygens (including phenoxy) is 1. The summed E-state index contributed by atoms with van der Waals surface area (Å²) in [6.45, 7) is 5.25. The molecule has 0 aromatic heterocycles. The highest BCUT2D eigenvalue weighted by Gasteiger charge is 2.03. The maximum atomic E-state index is 5.17. The lowest BCUT2D eigenvalue weighted by Crippen LogP contribution is -2.27. The maximum absolute atomic E-state index is 5.17. The number of aryl methyl sites for hydroxylation is 1. The largest absolute Gasteiger partial charge is 0.497 e. The van der Waals surface area contributed by atoms with Crippen molar-refractivity contribution in [3.63, 3.8) is 0 Å². The second kappa shape index (κ2) is 7.11. The van der Waals surface area contributed by atoms with Gasteiger partial charge in [-0.2, -0.15) is 0 Å². The van der Waals surface area contributed by atoms with Gasteiger partial charge in [0.15, 0.2) is 0 Å². The molecule has 0 aliphatic heterocycles. The summed E-state index contributed by atoms with van der Waals surface area (Å²) < 4.78 is 5.17. The average molecular weight is 269 g/mol. The zero-order valence-corrected chi connectivity index (χ0v) is 12.5. The molecule has 2 nitrogen and oxygen atoms in total. The van der Waals surface area contributed by atoms with E-state index in [9.17, 15) is 0 Å². The fourth-order valence-corrected chi connectivity index (χ4v) is 2.19. The normalized spacial score (nSPS) is 12.2. The number of methoxy groups -OCH3 is 1. The highest BCUT2D eigenvalue weighted by atomic mass is 16.5. The van der Waals surface area contributed by atoms with Crippen LogP contribution in [0, 0.1) is 6.92 Å². The Labute approximate surface area is 121 Å². The van der Waals surface area contributed by atoms with Crippen molar-refractivity contribution in [1.82, 2.24) is 5.32 Å². The summed E-state index contributed by atoms with van der Waals surface area (Å²) in [6.07, 6.45) is 1.02. The molecule has 0 aliphatic carbocycles. The van der Waals surface area contributed by atoms with Crippen LogP contribution in [-0.2, 0) is 13.0 Å². The van der Waals surface area contributed by atoms with Crippen LogP contribution in [0.1, 0.15) is 23.6 Å². The van der Waals surface area contributed by atoms with Gasteiger partial charge in [0.1, 0.15) is 5.75 Å². The number of nitrogens with one attached hydrogen (secondary N) is 1. The van der Waals surface area contributed by atoms with Crippen LogP contribution in [0.4, 0.5) is 0 Å². The van der Waals surface area contributed by atoms with E-state index < -0.39 is 0 Å². The van der Waals surface area contributed by atoms with Crippen molar-refractivity contribution in [2.75, 3.05) is 7.11 Å². The van der Waals surface area contributed by atoms with Crippen molar-refractivity contribution in [2.45, 2.75) is 32.9 Å². The van der Waals surface area contributed by atoms with Crippen molar-refractivity contribution in [3.8, 4) is 5.75 Å². The van der Waals surface area contributed by atoms with E-state index in [0.29, 0.717) is 6.04 Å². The molecule has 1 atom stereocenters. The van der Waals surface area contributed by atoms with Gasteiger partial charge in [-0.05, 0) is 43.5 Å². The maximum Gasteiger partial charge on any atom is 0.118 e. The van der Waals surface area contributed by atoms with Crippen molar-refractivity contribution < 1.29 is 4.74 Å². The fourth-order valence-electron chi connectivity index (χ4n) is 2.19. The zero-order valence-electron chi connectivity index (χ0n) is 12.5. The monoisotopic (exact) mass is 269 g/mol. The van der Waals surface area contributed by atoms with Gasteiger partial charge in [0.2, 0.25) is 0 Å². The third-order valence-corrected chi connectivity index (χ3v) is 3.48. The van der Waals surface area contributed by atoms with Crippen LogP contribution in [-0.4, -0.2) is 13.2 Å². The first kappa shape index (κ1) is 14.6. The van der Waals surface area contributed by atoms with E-state index in [-0.39, 0.29) is 0 Å². The Kier molecular flexibility index (Phi) is 5.19. The van der Waals surface area contributed by atoms with Gasteiger partial charge in [-0.15, -0.1) is 0 Å². The molecule has 2 aromatic carbocycles. The van der Waals surface area contributed by atoms with Crippen LogP contribution in [0.25, 0.3) is 0 Å². The van der Waals surface area contributed by atoms with Crippen LogP contribution >= 0.6 is 0 Å².